The zero-order chi connectivity index (χ0) is 27.5. The third kappa shape index (κ3) is 3.87. The molecule has 1 aromatic heterocycles. The van der Waals surface area contributed by atoms with Crippen LogP contribution in [0.2, 0.25) is 5.02 Å². The van der Waals surface area contributed by atoms with Gasteiger partial charge in [-0.2, -0.15) is 5.26 Å². The number of para-hydroxylation sites is 1. The predicted molar refractivity (Wildman–Crippen MR) is 152 cm³/mol. The number of amides is 1. The Labute approximate surface area is 238 Å². The second kappa shape index (κ2) is 9.23. The van der Waals surface area contributed by atoms with E-state index in [1.807, 2.05) is 38.1 Å². The highest BCUT2D eigenvalue weighted by atomic mass is 35.5. The predicted octanol–water partition coefficient (Wildman–Crippen LogP) is 5.53. The van der Waals surface area contributed by atoms with Crippen LogP contribution in [0.15, 0.2) is 75.5 Å². The van der Waals surface area contributed by atoms with Gasteiger partial charge in [0.1, 0.15) is 17.3 Å². The fraction of sp³-hybridized carbons (Fsp3) is 0.250. The molecular weight excluding hydrogens is 552 g/mol. The maximum absolute atomic E-state index is 13.9. The molecule has 0 radical (unpaired) electrons. The molecule has 196 valence electrons. The van der Waals surface area contributed by atoms with Crippen molar-refractivity contribution in [3.63, 3.8) is 0 Å². The number of nitrogens with one attached hydrogen (secondary N) is 1. The Hall–Kier alpha value is -3.65. The summed E-state index contributed by atoms with van der Waals surface area (Å²) in [5.41, 5.74) is 7.73. The molecule has 3 aromatic rings. The van der Waals surface area contributed by atoms with Crippen LogP contribution in [0.1, 0.15) is 37.8 Å². The van der Waals surface area contributed by atoms with Gasteiger partial charge in [-0.1, -0.05) is 84.9 Å². The summed E-state index contributed by atoms with van der Waals surface area (Å²) in [4.78, 5) is 29.4. The molecule has 2 aliphatic heterocycles. The molecule has 0 unspecified atom stereocenters. The number of rotatable bonds is 4. The number of anilines is 2. The second-order valence-corrected chi connectivity index (χ2v) is 13.0. The van der Waals surface area contributed by atoms with Crippen molar-refractivity contribution < 1.29 is 9.59 Å². The summed E-state index contributed by atoms with van der Waals surface area (Å²) >= 11 is 9.11. The zero-order valence-electron chi connectivity index (χ0n) is 21.1. The van der Waals surface area contributed by atoms with E-state index in [-0.39, 0.29) is 34.6 Å². The summed E-state index contributed by atoms with van der Waals surface area (Å²) in [5.74, 6) is 0.0445. The Kier molecular flexibility index (Phi) is 6.06. The number of thioether (sulfide) groups is 1. The number of benzene rings is 2. The number of hydrogen-bond acceptors (Lipinski definition) is 9. The summed E-state index contributed by atoms with van der Waals surface area (Å²) in [6.45, 7) is 4.01. The lowest BCUT2D eigenvalue weighted by Crippen LogP contribution is -2.52. The van der Waals surface area contributed by atoms with Crippen molar-refractivity contribution in [3.05, 3.63) is 87.3 Å². The zero-order valence-corrected chi connectivity index (χ0v) is 23.5. The molecule has 1 aliphatic carbocycles. The largest absolute Gasteiger partial charge is 0.384 e. The lowest BCUT2D eigenvalue weighted by atomic mass is 9.61. The van der Waals surface area contributed by atoms with Crippen LogP contribution in [-0.2, 0) is 20.8 Å². The van der Waals surface area contributed by atoms with Gasteiger partial charge in [0.2, 0.25) is 11.0 Å². The van der Waals surface area contributed by atoms with Crippen LogP contribution in [0.25, 0.3) is 0 Å². The van der Waals surface area contributed by atoms with Gasteiger partial charge in [0.05, 0.1) is 5.57 Å². The van der Waals surface area contributed by atoms with Gasteiger partial charge in [-0.3, -0.25) is 14.5 Å². The molecule has 39 heavy (non-hydrogen) atoms. The van der Waals surface area contributed by atoms with Crippen molar-refractivity contribution in [2.45, 2.75) is 42.2 Å². The normalized spacial score (nSPS) is 21.6. The monoisotopic (exact) mass is 574 g/mol. The van der Waals surface area contributed by atoms with Crippen LogP contribution >= 0.6 is 34.7 Å². The van der Waals surface area contributed by atoms with Gasteiger partial charge in [-0.25, -0.2) is 0 Å². The standard InChI is InChI=1S/C28H23ClN6O2S2/c1-27(2)11-20-22(21(36)12-27)28(16-8-4-6-10-19(16)32-24(28)37)17(13-30)23(31)35(20)25-33-34-26(39-25)38-14-15-7-3-5-9-18(15)29/h3-10H,11-12,14,31H2,1-2H3,(H,32,37)/t28-/m1/s1. The van der Waals surface area contributed by atoms with Crippen molar-refractivity contribution in [2.75, 3.05) is 10.2 Å². The van der Waals surface area contributed by atoms with Crippen molar-refractivity contribution in [3.8, 4) is 6.07 Å². The first-order chi connectivity index (χ1) is 18.7. The van der Waals surface area contributed by atoms with E-state index >= 15 is 0 Å². The smallest absolute Gasteiger partial charge is 0.245 e. The first-order valence-corrected chi connectivity index (χ1v) is 14.4. The number of carbonyl (C=O) groups excluding carboxylic acids is 2. The van der Waals surface area contributed by atoms with Crippen LogP contribution in [0.5, 0.6) is 0 Å². The molecule has 3 aliphatic rings. The van der Waals surface area contributed by atoms with E-state index in [0.29, 0.717) is 43.6 Å². The van der Waals surface area contributed by atoms with Crippen LogP contribution in [-0.4, -0.2) is 21.9 Å². The highest BCUT2D eigenvalue weighted by Crippen LogP contribution is 2.57. The number of nitriles is 1. The average Bonchev–Trinajstić information content (AvgIpc) is 3.46. The topological polar surface area (TPSA) is 125 Å². The minimum absolute atomic E-state index is 0.0113. The Bertz CT molecular complexity index is 1670. The molecule has 1 amide bonds. The fourth-order valence-electron chi connectivity index (χ4n) is 5.70. The number of Topliss-reactive ketones (excluding diaryl/α,β-unsaturated/α-hetero) is 1. The number of fused-ring (bicyclic) bond motifs is 3. The molecule has 0 fully saturated rings. The number of halogens is 1. The van der Waals surface area contributed by atoms with Crippen LogP contribution in [0.4, 0.5) is 10.8 Å². The van der Waals surface area contributed by atoms with Crippen LogP contribution in [0.3, 0.4) is 0 Å². The number of carbonyl (C=O) groups is 2. The first-order valence-electron chi connectivity index (χ1n) is 12.3. The second-order valence-electron chi connectivity index (χ2n) is 10.5. The molecule has 3 heterocycles. The van der Waals surface area contributed by atoms with Crippen molar-refractivity contribution >= 4 is 57.2 Å². The number of allylic oxidation sites excluding steroid dienone is 1. The number of aromatic nitrogens is 2. The van der Waals surface area contributed by atoms with Gasteiger partial charge in [0.15, 0.2) is 10.1 Å². The Balaban J connectivity index is 1.50. The minimum atomic E-state index is -1.61. The Morgan fingerprint density at radius 3 is 2.67 bits per heavy atom. The number of nitrogens with zero attached hydrogens (tertiary/aromatic N) is 4. The maximum Gasteiger partial charge on any atom is 0.245 e. The molecule has 6 rings (SSSR count). The number of ketones is 1. The maximum atomic E-state index is 13.9. The van der Waals surface area contributed by atoms with E-state index in [0.717, 1.165) is 5.56 Å². The number of hydrogen-bond donors (Lipinski definition) is 2. The van der Waals surface area contributed by atoms with E-state index < -0.39 is 11.3 Å². The van der Waals surface area contributed by atoms with Crippen LogP contribution in [0, 0.1) is 16.7 Å². The van der Waals surface area contributed by atoms with E-state index in [1.165, 1.54) is 23.1 Å². The molecule has 1 atom stereocenters. The summed E-state index contributed by atoms with van der Waals surface area (Å²) in [7, 11) is 0. The molecule has 8 nitrogen and oxygen atoms in total. The van der Waals surface area contributed by atoms with E-state index in [1.54, 1.807) is 29.2 Å². The van der Waals surface area contributed by atoms with Crippen LogP contribution < -0.4 is 16.0 Å². The Morgan fingerprint density at radius 1 is 1.15 bits per heavy atom. The van der Waals surface area contributed by atoms with Crippen molar-refractivity contribution in [1.29, 1.82) is 5.26 Å². The van der Waals surface area contributed by atoms with Gasteiger partial charge >= 0.3 is 0 Å². The number of nitrogens with two attached hydrogens (primary N) is 1. The third-order valence-corrected chi connectivity index (χ3v) is 9.76. The molecule has 3 N–H and O–H groups in total. The summed E-state index contributed by atoms with van der Waals surface area (Å²) in [6.07, 6.45) is 0.705. The summed E-state index contributed by atoms with van der Waals surface area (Å²) < 4.78 is 0.684. The molecule has 11 heteroatoms. The van der Waals surface area contributed by atoms with Gasteiger partial charge in [0, 0.05) is 39.7 Å². The summed E-state index contributed by atoms with van der Waals surface area (Å²) in [6, 6.07) is 16.9. The molecule has 2 aromatic carbocycles. The first kappa shape index (κ1) is 25.6. The molecule has 0 saturated heterocycles. The SMILES string of the molecule is CC1(C)CC(=O)C2=C(C1)N(c1nnc(SCc3ccccc3Cl)s1)C(N)=C(C#N)[C@@]21C(=O)Nc2ccccc21. The van der Waals surface area contributed by atoms with Crippen molar-refractivity contribution in [2.24, 2.45) is 11.1 Å². The quantitative estimate of drug-likeness (QED) is 0.390. The third-order valence-electron chi connectivity index (χ3n) is 7.30. The van der Waals surface area contributed by atoms with E-state index in [4.69, 9.17) is 17.3 Å². The molecule has 0 bridgehead atoms. The van der Waals surface area contributed by atoms with Gasteiger partial charge in [-0.05, 0) is 29.5 Å². The highest BCUT2D eigenvalue weighted by Gasteiger charge is 2.61. The van der Waals surface area contributed by atoms with Gasteiger partial charge in [0.25, 0.3) is 0 Å². The minimum Gasteiger partial charge on any atom is -0.384 e. The fourth-order valence-corrected chi connectivity index (χ4v) is 7.86. The molecule has 0 saturated carbocycles. The lowest BCUT2D eigenvalue weighted by molar-refractivity contribution is -0.123. The van der Waals surface area contributed by atoms with E-state index in [9.17, 15) is 14.9 Å². The van der Waals surface area contributed by atoms with Crippen molar-refractivity contribution in [1.82, 2.24) is 10.2 Å². The summed E-state index contributed by atoms with van der Waals surface area (Å²) in [5, 5.41) is 23.2. The average molecular weight is 575 g/mol. The molecular formula is C28H23ClN6O2S2. The Morgan fingerprint density at radius 2 is 1.90 bits per heavy atom. The highest BCUT2D eigenvalue weighted by molar-refractivity contribution is 8.00. The van der Waals surface area contributed by atoms with Gasteiger partial charge in [-0.15, -0.1) is 10.2 Å². The van der Waals surface area contributed by atoms with E-state index in [2.05, 4.69) is 21.6 Å². The lowest BCUT2D eigenvalue weighted by Gasteiger charge is -2.45. The molecule has 1 spiro atoms. The van der Waals surface area contributed by atoms with Gasteiger partial charge < -0.3 is 11.1 Å².